The van der Waals surface area contributed by atoms with Gasteiger partial charge in [-0.25, -0.2) is 0 Å². The first-order chi connectivity index (χ1) is 10.4. The first kappa shape index (κ1) is 15.7. The molecule has 2 aromatic carbocycles. The molecule has 0 saturated heterocycles. The number of carbonyl (C=O) groups excluding carboxylic acids is 1. The first-order valence-corrected chi connectivity index (χ1v) is 8.04. The van der Waals surface area contributed by atoms with Crippen LogP contribution in [0, 0.1) is 12.8 Å². The maximum atomic E-state index is 12.5. The van der Waals surface area contributed by atoms with Crippen LogP contribution in [0.4, 0.5) is 5.69 Å². The average molecular weight is 355 g/mol. The van der Waals surface area contributed by atoms with Gasteiger partial charge in [0.1, 0.15) is 4.33 Å². The summed E-state index contributed by atoms with van der Waals surface area (Å²) in [4.78, 5) is 12.5. The molecule has 2 nitrogen and oxygen atoms in total. The maximum Gasteiger partial charge on any atom is 0.231 e. The van der Waals surface area contributed by atoms with Crippen LogP contribution >= 0.6 is 34.8 Å². The highest BCUT2D eigenvalue weighted by Crippen LogP contribution is 2.65. The highest BCUT2D eigenvalue weighted by atomic mass is 35.5. The monoisotopic (exact) mass is 353 g/mol. The summed E-state index contributed by atoms with van der Waals surface area (Å²) in [5, 5.41) is 3.32. The van der Waals surface area contributed by atoms with Gasteiger partial charge in [0.05, 0.1) is 16.6 Å². The summed E-state index contributed by atoms with van der Waals surface area (Å²) in [5.74, 6) is -0.915. The van der Waals surface area contributed by atoms with Gasteiger partial charge < -0.3 is 5.32 Å². The molecule has 0 aliphatic heterocycles. The predicted molar refractivity (Wildman–Crippen MR) is 91.9 cm³/mol. The molecule has 5 heteroatoms. The molecule has 3 rings (SSSR count). The second kappa shape index (κ2) is 5.77. The van der Waals surface area contributed by atoms with Crippen molar-refractivity contribution in [2.75, 3.05) is 5.32 Å². The van der Waals surface area contributed by atoms with Gasteiger partial charge in [0, 0.05) is 5.92 Å². The summed E-state index contributed by atoms with van der Waals surface area (Å²) >= 11 is 18.7. The van der Waals surface area contributed by atoms with Gasteiger partial charge in [-0.15, -0.1) is 23.2 Å². The maximum absolute atomic E-state index is 12.5. The van der Waals surface area contributed by atoms with Crippen LogP contribution in [0.5, 0.6) is 0 Å². The Labute approximate surface area is 144 Å². The van der Waals surface area contributed by atoms with Crippen molar-refractivity contribution in [3.05, 3.63) is 64.7 Å². The Morgan fingerprint density at radius 2 is 1.82 bits per heavy atom. The van der Waals surface area contributed by atoms with Crippen molar-refractivity contribution in [3.63, 3.8) is 0 Å². The van der Waals surface area contributed by atoms with Crippen LogP contribution in [0.2, 0.25) is 5.02 Å². The zero-order valence-electron chi connectivity index (χ0n) is 11.8. The van der Waals surface area contributed by atoms with Crippen molar-refractivity contribution >= 4 is 46.4 Å². The molecule has 0 bridgehead atoms. The third-order valence-corrected chi connectivity index (χ3v) is 5.14. The van der Waals surface area contributed by atoms with Gasteiger partial charge in [-0.3, -0.25) is 4.79 Å². The van der Waals surface area contributed by atoms with Crippen LogP contribution in [-0.2, 0) is 4.79 Å². The van der Waals surface area contributed by atoms with E-state index in [2.05, 4.69) is 5.32 Å². The van der Waals surface area contributed by atoms with Gasteiger partial charge in [-0.05, 0) is 30.2 Å². The minimum atomic E-state index is -1.08. The molecule has 1 saturated carbocycles. The molecule has 1 amide bonds. The summed E-state index contributed by atoms with van der Waals surface area (Å²) in [6, 6.07) is 15.0. The molecule has 114 valence electrons. The smallest absolute Gasteiger partial charge is 0.231 e. The molecule has 1 aliphatic rings. The quantitative estimate of drug-likeness (QED) is 0.757. The number of carbonyl (C=O) groups is 1. The molecule has 1 N–H and O–H groups in total. The third-order valence-electron chi connectivity index (χ3n) is 3.87. The van der Waals surface area contributed by atoms with Gasteiger partial charge in [-0.2, -0.15) is 0 Å². The van der Waals surface area contributed by atoms with E-state index >= 15 is 0 Å². The van der Waals surface area contributed by atoms with Crippen LogP contribution in [0.15, 0.2) is 48.5 Å². The van der Waals surface area contributed by atoms with Crippen molar-refractivity contribution in [3.8, 4) is 0 Å². The van der Waals surface area contributed by atoms with Gasteiger partial charge >= 0.3 is 0 Å². The standard InChI is InChI=1S/C17H14Cl3NO/c1-10-7-8-12(18)13(9-10)21-16(22)15-14(17(15,19)20)11-5-3-2-4-6-11/h2-9,14-15H,1H3,(H,21,22). The Morgan fingerprint density at radius 3 is 2.50 bits per heavy atom. The molecule has 0 aromatic heterocycles. The van der Waals surface area contributed by atoms with E-state index in [1.807, 2.05) is 49.4 Å². The third kappa shape index (κ3) is 2.83. The summed E-state index contributed by atoms with van der Waals surface area (Å²) in [5.41, 5.74) is 2.55. The highest BCUT2D eigenvalue weighted by molar-refractivity contribution is 6.53. The Balaban J connectivity index is 1.80. The normalized spacial score (nSPS) is 22.2. The van der Waals surface area contributed by atoms with E-state index in [0.717, 1.165) is 11.1 Å². The minimum absolute atomic E-state index is 0.208. The molecule has 2 aromatic rings. The van der Waals surface area contributed by atoms with Gasteiger partial charge in [-0.1, -0.05) is 48.0 Å². The Bertz CT molecular complexity index is 715. The number of alkyl halides is 2. The minimum Gasteiger partial charge on any atom is -0.324 e. The van der Waals surface area contributed by atoms with Crippen LogP contribution in [0.3, 0.4) is 0 Å². The lowest BCUT2D eigenvalue weighted by molar-refractivity contribution is -0.117. The SMILES string of the molecule is Cc1ccc(Cl)c(NC(=O)C2C(c3ccccc3)C2(Cl)Cl)c1. The highest BCUT2D eigenvalue weighted by Gasteiger charge is 2.67. The van der Waals surface area contributed by atoms with E-state index in [1.54, 1.807) is 6.07 Å². The number of anilines is 1. The topological polar surface area (TPSA) is 29.1 Å². The zero-order valence-corrected chi connectivity index (χ0v) is 14.1. The van der Waals surface area contributed by atoms with Gasteiger partial charge in [0.25, 0.3) is 0 Å². The second-order valence-electron chi connectivity index (χ2n) is 5.51. The van der Waals surface area contributed by atoms with Crippen LogP contribution in [-0.4, -0.2) is 10.2 Å². The fraction of sp³-hybridized carbons (Fsp3) is 0.235. The van der Waals surface area contributed by atoms with Crippen molar-refractivity contribution in [2.45, 2.75) is 17.2 Å². The number of benzene rings is 2. The predicted octanol–water partition coefficient (Wildman–Crippen LogP) is 5.17. The van der Waals surface area contributed by atoms with E-state index in [4.69, 9.17) is 34.8 Å². The number of hydrogen-bond donors (Lipinski definition) is 1. The summed E-state index contributed by atoms with van der Waals surface area (Å²) < 4.78 is -1.08. The fourth-order valence-corrected chi connectivity index (χ4v) is 3.67. The molecular formula is C17H14Cl3NO. The van der Waals surface area contributed by atoms with E-state index in [-0.39, 0.29) is 11.8 Å². The fourth-order valence-electron chi connectivity index (χ4n) is 2.67. The van der Waals surface area contributed by atoms with E-state index in [1.165, 1.54) is 0 Å². The second-order valence-corrected chi connectivity index (χ2v) is 7.36. The van der Waals surface area contributed by atoms with Gasteiger partial charge in [0.2, 0.25) is 5.91 Å². The Hall–Kier alpha value is -1.22. The number of amides is 1. The average Bonchev–Trinajstić information content (AvgIpc) is 3.06. The van der Waals surface area contributed by atoms with Crippen molar-refractivity contribution in [1.29, 1.82) is 0 Å². The van der Waals surface area contributed by atoms with Crippen molar-refractivity contribution < 1.29 is 4.79 Å². The first-order valence-electron chi connectivity index (χ1n) is 6.91. The van der Waals surface area contributed by atoms with Crippen molar-refractivity contribution in [1.82, 2.24) is 0 Å². The lowest BCUT2D eigenvalue weighted by Crippen LogP contribution is -2.17. The summed E-state index contributed by atoms with van der Waals surface area (Å²) in [6.07, 6.45) is 0. The van der Waals surface area contributed by atoms with Crippen molar-refractivity contribution in [2.24, 2.45) is 5.92 Å². The zero-order chi connectivity index (χ0) is 15.9. The molecular weight excluding hydrogens is 341 g/mol. The van der Waals surface area contributed by atoms with Crippen LogP contribution < -0.4 is 5.32 Å². The van der Waals surface area contributed by atoms with Crippen LogP contribution in [0.25, 0.3) is 0 Å². The largest absolute Gasteiger partial charge is 0.324 e. The summed E-state index contributed by atoms with van der Waals surface area (Å²) in [7, 11) is 0. The van der Waals surface area contributed by atoms with Gasteiger partial charge in [0.15, 0.2) is 0 Å². The number of hydrogen-bond acceptors (Lipinski definition) is 1. The number of aryl methyl sites for hydroxylation is 1. The molecule has 0 heterocycles. The number of rotatable bonds is 3. The summed E-state index contributed by atoms with van der Waals surface area (Å²) in [6.45, 7) is 1.93. The molecule has 0 radical (unpaired) electrons. The van der Waals surface area contributed by atoms with E-state index in [9.17, 15) is 4.79 Å². The van der Waals surface area contributed by atoms with E-state index in [0.29, 0.717) is 10.7 Å². The Morgan fingerprint density at radius 1 is 1.14 bits per heavy atom. The number of nitrogens with one attached hydrogen (secondary N) is 1. The lowest BCUT2D eigenvalue weighted by Gasteiger charge is -2.08. The molecule has 2 unspecified atom stereocenters. The lowest BCUT2D eigenvalue weighted by atomic mass is 10.1. The molecule has 1 aliphatic carbocycles. The van der Waals surface area contributed by atoms with E-state index < -0.39 is 10.3 Å². The molecule has 22 heavy (non-hydrogen) atoms. The molecule has 1 fully saturated rings. The molecule has 2 atom stereocenters. The Kier molecular flexibility index (Phi) is 4.11. The van der Waals surface area contributed by atoms with Crippen LogP contribution in [0.1, 0.15) is 17.0 Å². The molecule has 0 spiro atoms. The number of halogens is 3.